The lowest BCUT2D eigenvalue weighted by atomic mass is 9.79. The molecule has 0 saturated carbocycles. The lowest BCUT2D eigenvalue weighted by Crippen LogP contribution is -2.41. The van der Waals surface area contributed by atoms with Gasteiger partial charge in [0.1, 0.15) is 11.8 Å². The van der Waals surface area contributed by atoms with Crippen LogP contribution in [0.2, 0.25) is 0 Å². The Labute approximate surface area is 105 Å². The highest BCUT2D eigenvalue weighted by Gasteiger charge is 2.40. The minimum atomic E-state index is -0.782. The number of benzene rings is 1. The highest BCUT2D eigenvalue weighted by atomic mass is 16.5. The molecule has 1 aliphatic heterocycles. The monoisotopic (exact) mass is 245 g/mol. The van der Waals surface area contributed by atoms with Gasteiger partial charge in [0, 0.05) is 17.5 Å². The molecule has 1 aromatic carbocycles. The van der Waals surface area contributed by atoms with E-state index in [1.54, 1.807) is 7.11 Å². The van der Waals surface area contributed by atoms with Crippen LogP contribution in [0, 0.1) is 5.92 Å². The standard InChI is InChI=1S/C14H15NO3/c1-18-8-5-6-12-11(7-8)9-3-2-4-10(9)13(15-12)14(16)17/h2-3,5-7,9-10,13,15H,4H2,1H3,(H,16,17). The van der Waals surface area contributed by atoms with Crippen LogP contribution in [0.15, 0.2) is 30.4 Å². The van der Waals surface area contributed by atoms with Crippen LogP contribution in [0.1, 0.15) is 17.9 Å². The van der Waals surface area contributed by atoms with Gasteiger partial charge < -0.3 is 15.2 Å². The number of methoxy groups -OCH3 is 1. The summed E-state index contributed by atoms with van der Waals surface area (Å²) in [5, 5.41) is 12.4. The molecule has 0 bridgehead atoms. The number of carbonyl (C=O) groups is 1. The predicted octanol–water partition coefficient (Wildman–Crippen LogP) is 2.23. The minimum absolute atomic E-state index is 0.0992. The van der Waals surface area contributed by atoms with Crippen molar-refractivity contribution in [1.29, 1.82) is 0 Å². The molecule has 0 radical (unpaired) electrons. The van der Waals surface area contributed by atoms with E-state index in [0.717, 1.165) is 23.4 Å². The lowest BCUT2D eigenvalue weighted by Gasteiger charge is -2.34. The molecule has 18 heavy (non-hydrogen) atoms. The zero-order chi connectivity index (χ0) is 12.7. The van der Waals surface area contributed by atoms with Crippen molar-refractivity contribution in [2.75, 3.05) is 12.4 Å². The van der Waals surface area contributed by atoms with Gasteiger partial charge in [-0.2, -0.15) is 0 Å². The summed E-state index contributed by atoms with van der Waals surface area (Å²) in [5.41, 5.74) is 2.03. The van der Waals surface area contributed by atoms with Crippen LogP contribution in [0.5, 0.6) is 5.75 Å². The van der Waals surface area contributed by atoms with Gasteiger partial charge in [-0.3, -0.25) is 0 Å². The van der Waals surface area contributed by atoms with Crippen molar-refractivity contribution in [3.63, 3.8) is 0 Å². The molecular weight excluding hydrogens is 230 g/mol. The predicted molar refractivity (Wildman–Crippen MR) is 68.0 cm³/mol. The molecule has 2 N–H and O–H groups in total. The number of aliphatic carboxylic acids is 1. The topological polar surface area (TPSA) is 58.6 Å². The average Bonchev–Trinajstić information content (AvgIpc) is 2.86. The first-order valence-corrected chi connectivity index (χ1v) is 6.04. The maximum atomic E-state index is 11.3. The molecule has 94 valence electrons. The number of ether oxygens (including phenoxy) is 1. The molecule has 1 heterocycles. The molecule has 4 nitrogen and oxygen atoms in total. The summed E-state index contributed by atoms with van der Waals surface area (Å²) in [7, 11) is 1.64. The van der Waals surface area contributed by atoms with E-state index in [4.69, 9.17) is 4.74 Å². The van der Waals surface area contributed by atoms with Gasteiger partial charge in [0.15, 0.2) is 0 Å². The number of fused-ring (bicyclic) bond motifs is 3. The molecule has 0 fully saturated rings. The zero-order valence-electron chi connectivity index (χ0n) is 10.1. The molecule has 0 aromatic heterocycles. The van der Waals surface area contributed by atoms with Crippen molar-refractivity contribution in [1.82, 2.24) is 0 Å². The summed E-state index contributed by atoms with van der Waals surface area (Å²) in [5.74, 6) is 0.304. The number of allylic oxidation sites excluding steroid dienone is 2. The average molecular weight is 245 g/mol. The third-order valence-electron chi connectivity index (χ3n) is 3.84. The maximum Gasteiger partial charge on any atom is 0.326 e. The Balaban J connectivity index is 2.06. The highest BCUT2D eigenvalue weighted by Crippen LogP contribution is 2.45. The molecule has 1 aliphatic carbocycles. The second kappa shape index (κ2) is 4.05. The van der Waals surface area contributed by atoms with Crippen molar-refractivity contribution in [2.45, 2.75) is 18.4 Å². The maximum absolute atomic E-state index is 11.3. The van der Waals surface area contributed by atoms with E-state index in [0.29, 0.717) is 0 Å². The van der Waals surface area contributed by atoms with Crippen LogP contribution in [-0.2, 0) is 4.79 Å². The van der Waals surface area contributed by atoms with E-state index in [9.17, 15) is 9.90 Å². The first kappa shape index (κ1) is 11.1. The molecule has 0 amide bonds. The number of rotatable bonds is 2. The van der Waals surface area contributed by atoms with Gasteiger partial charge in [-0.05, 0) is 30.2 Å². The van der Waals surface area contributed by atoms with Crippen LogP contribution < -0.4 is 10.1 Å². The van der Waals surface area contributed by atoms with E-state index >= 15 is 0 Å². The van der Waals surface area contributed by atoms with Crippen LogP contribution in [0.25, 0.3) is 0 Å². The number of hydrogen-bond acceptors (Lipinski definition) is 3. The fourth-order valence-electron chi connectivity index (χ4n) is 2.94. The van der Waals surface area contributed by atoms with Crippen molar-refractivity contribution in [3.05, 3.63) is 35.9 Å². The quantitative estimate of drug-likeness (QED) is 0.784. The molecule has 3 atom stereocenters. The van der Waals surface area contributed by atoms with E-state index in [1.165, 1.54) is 0 Å². The molecule has 4 heteroatoms. The summed E-state index contributed by atoms with van der Waals surface area (Å²) in [6, 6.07) is 5.23. The largest absolute Gasteiger partial charge is 0.497 e. The molecule has 0 saturated heterocycles. The Bertz CT molecular complexity index is 524. The second-order valence-electron chi connectivity index (χ2n) is 4.77. The zero-order valence-corrected chi connectivity index (χ0v) is 10.1. The first-order chi connectivity index (χ1) is 8.70. The van der Waals surface area contributed by atoms with Crippen LogP contribution in [-0.4, -0.2) is 24.2 Å². The summed E-state index contributed by atoms with van der Waals surface area (Å²) in [6.07, 6.45) is 4.99. The summed E-state index contributed by atoms with van der Waals surface area (Å²) in [4.78, 5) is 11.3. The van der Waals surface area contributed by atoms with Crippen molar-refractivity contribution < 1.29 is 14.6 Å². The Morgan fingerprint density at radius 1 is 1.50 bits per heavy atom. The molecule has 1 aromatic rings. The normalized spacial score (nSPS) is 28.2. The third-order valence-corrected chi connectivity index (χ3v) is 3.84. The summed E-state index contributed by atoms with van der Waals surface area (Å²) >= 11 is 0. The minimum Gasteiger partial charge on any atom is -0.497 e. The van der Waals surface area contributed by atoms with E-state index in [2.05, 4.69) is 17.5 Å². The van der Waals surface area contributed by atoms with Gasteiger partial charge in [0.25, 0.3) is 0 Å². The molecular formula is C14H15NO3. The fourth-order valence-corrected chi connectivity index (χ4v) is 2.94. The van der Waals surface area contributed by atoms with E-state index < -0.39 is 12.0 Å². The van der Waals surface area contributed by atoms with Crippen LogP contribution in [0.3, 0.4) is 0 Å². The summed E-state index contributed by atoms with van der Waals surface area (Å²) < 4.78 is 5.23. The van der Waals surface area contributed by atoms with Crippen molar-refractivity contribution in [3.8, 4) is 5.75 Å². The molecule has 3 unspecified atom stereocenters. The van der Waals surface area contributed by atoms with Crippen LogP contribution in [0.4, 0.5) is 5.69 Å². The van der Waals surface area contributed by atoms with E-state index in [1.807, 2.05) is 18.2 Å². The van der Waals surface area contributed by atoms with E-state index in [-0.39, 0.29) is 11.8 Å². The Morgan fingerprint density at radius 2 is 2.33 bits per heavy atom. The highest BCUT2D eigenvalue weighted by molar-refractivity contribution is 5.80. The van der Waals surface area contributed by atoms with Crippen LogP contribution >= 0.6 is 0 Å². The Hall–Kier alpha value is -1.97. The smallest absolute Gasteiger partial charge is 0.326 e. The number of carboxylic acids is 1. The number of carboxylic acid groups (broad SMARTS) is 1. The fraction of sp³-hybridized carbons (Fsp3) is 0.357. The van der Waals surface area contributed by atoms with Crippen molar-refractivity contribution >= 4 is 11.7 Å². The van der Waals surface area contributed by atoms with Gasteiger partial charge in [0.2, 0.25) is 0 Å². The Kier molecular flexibility index (Phi) is 2.51. The van der Waals surface area contributed by atoms with Gasteiger partial charge in [-0.15, -0.1) is 0 Å². The second-order valence-corrected chi connectivity index (χ2v) is 4.77. The SMILES string of the molecule is COc1ccc2c(c1)C1C=CCC1C(C(=O)O)N2. The Morgan fingerprint density at radius 3 is 3.06 bits per heavy atom. The number of nitrogens with one attached hydrogen (secondary N) is 1. The number of anilines is 1. The number of hydrogen-bond donors (Lipinski definition) is 2. The van der Waals surface area contributed by atoms with Gasteiger partial charge in [-0.1, -0.05) is 12.2 Å². The molecule has 3 rings (SSSR count). The van der Waals surface area contributed by atoms with Gasteiger partial charge in [-0.25, -0.2) is 4.79 Å². The van der Waals surface area contributed by atoms with Gasteiger partial charge in [0.05, 0.1) is 7.11 Å². The molecule has 2 aliphatic rings. The molecule has 0 spiro atoms. The summed E-state index contributed by atoms with van der Waals surface area (Å²) in [6.45, 7) is 0. The van der Waals surface area contributed by atoms with Gasteiger partial charge >= 0.3 is 5.97 Å². The first-order valence-electron chi connectivity index (χ1n) is 6.04. The lowest BCUT2D eigenvalue weighted by molar-refractivity contribution is -0.139. The van der Waals surface area contributed by atoms with Crippen molar-refractivity contribution in [2.24, 2.45) is 5.92 Å². The third kappa shape index (κ3) is 1.56.